The molecule has 1 N–H and O–H groups in total. The van der Waals surface area contributed by atoms with Crippen molar-refractivity contribution in [3.05, 3.63) is 60.2 Å². The van der Waals surface area contributed by atoms with Crippen molar-refractivity contribution >= 4 is 17.5 Å². The van der Waals surface area contributed by atoms with Gasteiger partial charge < -0.3 is 15.0 Å². The number of rotatable bonds is 7. The maximum absolute atomic E-state index is 13.4. The Labute approximate surface area is 172 Å². The molecular weight excluding hydrogens is 397 g/mol. The highest BCUT2D eigenvalue weighted by atomic mass is 19.4. The molecule has 30 heavy (non-hydrogen) atoms. The lowest BCUT2D eigenvalue weighted by Crippen LogP contribution is -2.32. The Balaban J connectivity index is 1.59. The molecule has 5 nitrogen and oxygen atoms in total. The van der Waals surface area contributed by atoms with Crippen LogP contribution in [0, 0.1) is 0 Å². The van der Waals surface area contributed by atoms with Gasteiger partial charge >= 0.3 is 6.18 Å². The molecule has 1 unspecified atom stereocenters. The maximum Gasteiger partial charge on any atom is 0.396 e. The number of hydrogen-bond acceptors (Lipinski definition) is 3. The fraction of sp³-hybridized carbons (Fsp3) is 0.364. The Morgan fingerprint density at radius 2 is 1.73 bits per heavy atom. The fourth-order valence-electron chi connectivity index (χ4n) is 3.37. The van der Waals surface area contributed by atoms with E-state index < -0.39 is 24.4 Å². The van der Waals surface area contributed by atoms with E-state index >= 15 is 0 Å². The van der Waals surface area contributed by atoms with Crippen molar-refractivity contribution in [1.82, 2.24) is 4.90 Å². The highest BCUT2D eigenvalue weighted by molar-refractivity contribution is 5.91. The Morgan fingerprint density at radius 1 is 1.03 bits per heavy atom. The Kier molecular flexibility index (Phi) is 6.97. The molecule has 0 aliphatic carbocycles. The molecule has 1 saturated heterocycles. The minimum absolute atomic E-state index is 0.0395. The second-order valence-corrected chi connectivity index (χ2v) is 7.16. The second kappa shape index (κ2) is 9.65. The first kappa shape index (κ1) is 21.7. The van der Waals surface area contributed by atoms with E-state index in [1.54, 1.807) is 29.2 Å². The van der Waals surface area contributed by atoms with Gasteiger partial charge in [-0.1, -0.05) is 36.4 Å². The molecule has 1 aliphatic rings. The molecule has 1 atom stereocenters. The minimum atomic E-state index is -4.54. The van der Waals surface area contributed by atoms with Gasteiger partial charge in [0.25, 0.3) is 5.91 Å². The van der Waals surface area contributed by atoms with Crippen LogP contribution in [0.1, 0.15) is 30.7 Å². The summed E-state index contributed by atoms with van der Waals surface area (Å²) in [6, 6.07) is 13.6. The van der Waals surface area contributed by atoms with Gasteiger partial charge in [0.15, 0.2) is 6.61 Å². The standard InChI is InChI=1S/C22H23F3N2O3/c23-22(24,25)19(16-7-2-1-3-8-16)14-20(28)26-17-9-6-10-18(13-17)30-15-21(29)27-11-4-5-12-27/h1-3,6-10,13,19H,4-5,11-12,14-15H2,(H,26,28). The van der Waals surface area contributed by atoms with Crippen molar-refractivity contribution in [2.45, 2.75) is 31.4 Å². The van der Waals surface area contributed by atoms with Gasteiger partial charge in [-0.25, -0.2) is 0 Å². The van der Waals surface area contributed by atoms with E-state index in [0.29, 0.717) is 11.4 Å². The second-order valence-electron chi connectivity index (χ2n) is 7.16. The third-order valence-electron chi connectivity index (χ3n) is 4.93. The van der Waals surface area contributed by atoms with Crippen LogP contribution in [0.2, 0.25) is 0 Å². The fourth-order valence-corrected chi connectivity index (χ4v) is 3.37. The number of likely N-dealkylation sites (tertiary alicyclic amines) is 1. The third-order valence-corrected chi connectivity index (χ3v) is 4.93. The highest BCUT2D eigenvalue weighted by Gasteiger charge is 2.41. The number of ether oxygens (including phenoxy) is 1. The summed E-state index contributed by atoms with van der Waals surface area (Å²) in [6.07, 6.45) is -3.31. The van der Waals surface area contributed by atoms with E-state index in [1.165, 1.54) is 30.3 Å². The SMILES string of the molecule is O=C(CC(c1ccccc1)C(F)(F)F)Nc1cccc(OCC(=O)N2CCCC2)c1. The monoisotopic (exact) mass is 420 g/mol. The number of hydrogen-bond donors (Lipinski definition) is 1. The van der Waals surface area contributed by atoms with E-state index in [1.807, 2.05) is 0 Å². The van der Waals surface area contributed by atoms with Gasteiger partial charge in [-0.15, -0.1) is 0 Å². The molecule has 2 amide bonds. The Morgan fingerprint density at radius 3 is 2.40 bits per heavy atom. The maximum atomic E-state index is 13.4. The number of alkyl halides is 3. The van der Waals surface area contributed by atoms with E-state index in [4.69, 9.17) is 4.74 Å². The molecule has 0 radical (unpaired) electrons. The average molecular weight is 420 g/mol. The summed E-state index contributed by atoms with van der Waals surface area (Å²) < 4.78 is 45.8. The summed E-state index contributed by atoms with van der Waals surface area (Å²) in [6.45, 7) is 1.32. The molecule has 0 bridgehead atoms. The van der Waals surface area contributed by atoms with Gasteiger partial charge in [0.05, 0.1) is 5.92 Å². The molecule has 2 aromatic carbocycles. The lowest BCUT2D eigenvalue weighted by atomic mass is 9.95. The van der Waals surface area contributed by atoms with Crippen LogP contribution < -0.4 is 10.1 Å². The zero-order valence-corrected chi connectivity index (χ0v) is 16.3. The molecule has 1 fully saturated rings. The number of nitrogens with one attached hydrogen (secondary N) is 1. The summed E-state index contributed by atoms with van der Waals surface area (Å²) in [7, 11) is 0. The summed E-state index contributed by atoms with van der Waals surface area (Å²) in [4.78, 5) is 26.1. The number of carbonyl (C=O) groups is 2. The average Bonchev–Trinajstić information content (AvgIpc) is 3.25. The van der Waals surface area contributed by atoms with Crippen molar-refractivity contribution < 1.29 is 27.5 Å². The highest BCUT2D eigenvalue weighted by Crippen LogP contribution is 2.37. The van der Waals surface area contributed by atoms with E-state index in [0.717, 1.165) is 25.9 Å². The molecule has 0 saturated carbocycles. The van der Waals surface area contributed by atoms with Crippen molar-refractivity contribution in [3.63, 3.8) is 0 Å². The largest absolute Gasteiger partial charge is 0.484 e. The van der Waals surface area contributed by atoms with Crippen LogP contribution in [0.5, 0.6) is 5.75 Å². The zero-order chi connectivity index (χ0) is 21.6. The molecule has 1 heterocycles. The van der Waals surface area contributed by atoms with E-state index in [9.17, 15) is 22.8 Å². The Hall–Kier alpha value is -3.03. The quantitative estimate of drug-likeness (QED) is 0.724. The molecule has 0 spiro atoms. The first-order valence-corrected chi connectivity index (χ1v) is 9.75. The predicted octanol–water partition coefficient (Wildman–Crippen LogP) is 4.36. The summed E-state index contributed by atoms with van der Waals surface area (Å²) in [5.74, 6) is -2.41. The zero-order valence-electron chi connectivity index (χ0n) is 16.3. The first-order valence-electron chi connectivity index (χ1n) is 9.75. The van der Waals surface area contributed by atoms with Crippen LogP contribution in [-0.2, 0) is 9.59 Å². The van der Waals surface area contributed by atoms with Gasteiger partial charge in [-0.3, -0.25) is 9.59 Å². The first-order chi connectivity index (χ1) is 14.3. The van der Waals surface area contributed by atoms with Crippen LogP contribution in [0.15, 0.2) is 54.6 Å². The molecule has 0 aromatic heterocycles. The van der Waals surface area contributed by atoms with Gasteiger partial charge in [0.1, 0.15) is 5.75 Å². The van der Waals surface area contributed by atoms with Gasteiger partial charge in [-0.05, 0) is 30.5 Å². The predicted molar refractivity (Wildman–Crippen MR) is 106 cm³/mol. The van der Waals surface area contributed by atoms with Crippen molar-refractivity contribution in [2.75, 3.05) is 25.0 Å². The van der Waals surface area contributed by atoms with E-state index in [2.05, 4.69) is 5.32 Å². The number of benzene rings is 2. The minimum Gasteiger partial charge on any atom is -0.484 e. The number of carbonyl (C=O) groups excluding carboxylic acids is 2. The van der Waals surface area contributed by atoms with Crippen molar-refractivity contribution in [3.8, 4) is 5.75 Å². The third kappa shape index (κ3) is 5.98. The Bertz CT molecular complexity index is 865. The van der Waals surface area contributed by atoms with Crippen LogP contribution >= 0.6 is 0 Å². The van der Waals surface area contributed by atoms with Gasteiger partial charge in [0, 0.05) is 31.3 Å². The number of anilines is 1. The van der Waals surface area contributed by atoms with Crippen molar-refractivity contribution in [2.24, 2.45) is 0 Å². The molecule has 2 aromatic rings. The lowest BCUT2D eigenvalue weighted by molar-refractivity contribution is -0.155. The van der Waals surface area contributed by atoms with Crippen LogP contribution in [0.4, 0.5) is 18.9 Å². The molecule has 1 aliphatic heterocycles. The van der Waals surface area contributed by atoms with Crippen molar-refractivity contribution in [1.29, 1.82) is 0 Å². The van der Waals surface area contributed by atoms with E-state index in [-0.39, 0.29) is 18.1 Å². The summed E-state index contributed by atoms with van der Waals surface area (Å²) in [5, 5.41) is 2.48. The molecular formula is C22H23F3N2O3. The normalized spacial score (nSPS) is 15.0. The van der Waals surface area contributed by atoms with Gasteiger partial charge in [0.2, 0.25) is 5.91 Å². The smallest absolute Gasteiger partial charge is 0.396 e. The van der Waals surface area contributed by atoms with Crippen LogP contribution in [0.3, 0.4) is 0 Å². The summed E-state index contributed by atoms with van der Waals surface area (Å²) >= 11 is 0. The number of amides is 2. The topological polar surface area (TPSA) is 58.6 Å². The lowest BCUT2D eigenvalue weighted by Gasteiger charge is -2.20. The van der Waals surface area contributed by atoms with Gasteiger partial charge in [-0.2, -0.15) is 13.2 Å². The molecule has 8 heteroatoms. The van der Waals surface area contributed by atoms with Crippen LogP contribution in [-0.4, -0.2) is 42.6 Å². The number of halogens is 3. The van der Waals surface area contributed by atoms with Crippen LogP contribution in [0.25, 0.3) is 0 Å². The molecule has 3 rings (SSSR count). The molecule has 160 valence electrons. The number of nitrogens with zero attached hydrogens (tertiary/aromatic N) is 1. The summed E-state index contributed by atoms with van der Waals surface area (Å²) in [5.41, 5.74) is 0.345.